The van der Waals surface area contributed by atoms with Crippen molar-refractivity contribution in [3.8, 4) is 0 Å². The van der Waals surface area contributed by atoms with Crippen molar-refractivity contribution < 1.29 is 9.90 Å². The lowest BCUT2D eigenvalue weighted by atomic mass is 9.82. The number of carbonyl (C=O) groups is 1. The summed E-state index contributed by atoms with van der Waals surface area (Å²) < 4.78 is 0. The molecule has 0 aromatic heterocycles. The predicted octanol–water partition coefficient (Wildman–Crippen LogP) is 2.30. The first-order chi connectivity index (χ1) is 6.01. The van der Waals surface area contributed by atoms with Gasteiger partial charge in [0, 0.05) is 6.42 Å². The van der Waals surface area contributed by atoms with Crippen LogP contribution in [0.15, 0.2) is 0 Å². The molecule has 0 radical (unpaired) electrons. The Morgan fingerprint density at radius 1 is 1.31 bits per heavy atom. The highest BCUT2D eigenvalue weighted by molar-refractivity contribution is 5.82. The van der Waals surface area contributed by atoms with Crippen LogP contribution in [0.2, 0.25) is 0 Å². The van der Waals surface area contributed by atoms with E-state index in [9.17, 15) is 9.90 Å². The van der Waals surface area contributed by atoms with Gasteiger partial charge in [-0.05, 0) is 24.7 Å². The summed E-state index contributed by atoms with van der Waals surface area (Å²) in [6.07, 6.45) is 4.87. The third kappa shape index (κ3) is 3.47. The molecule has 1 aliphatic rings. The Labute approximate surface area is 80.3 Å². The molecule has 1 saturated carbocycles. The number of ketones is 1. The Kier molecular flexibility index (Phi) is 3.48. The van der Waals surface area contributed by atoms with Crippen LogP contribution in [0.5, 0.6) is 0 Å². The van der Waals surface area contributed by atoms with Crippen molar-refractivity contribution in [3.05, 3.63) is 0 Å². The molecule has 1 N–H and O–H groups in total. The number of aliphatic hydroxyl groups is 1. The molecule has 0 aliphatic heterocycles. The summed E-state index contributed by atoms with van der Waals surface area (Å²) in [5.41, 5.74) is 0.124. The maximum absolute atomic E-state index is 11.4. The normalized spacial score (nSPS) is 30.4. The second-order valence-electron chi connectivity index (χ2n) is 4.91. The van der Waals surface area contributed by atoms with Crippen molar-refractivity contribution in [1.29, 1.82) is 0 Å². The van der Waals surface area contributed by atoms with Crippen LogP contribution in [0.4, 0.5) is 0 Å². The summed E-state index contributed by atoms with van der Waals surface area (Å²) in [6.45, 7) is 4.27. The van der Waals surface area contributed by atoms with Gasteiger partial charge in [0.1, 0.15) is 6.10 Å². The van der Waals surface area contributed by atoms with E-state index in [1.807, 2.05) is 0 Å². The molecule has 0 heterocycles. The van der Waals surface area contributed by atoms with E-state index in [1.165, 1.54) is 6.42 Å². The lowest BCUT2D eigenvalue weighted by Crippen LogP contribution is -2.26. The SMILES string of the molecule is CC1(C)CCCCCC(=O)C(O)C1. The monoisotopic (exact) mass is 184 g/mol. The van der Waals surface area contributed by atoms with Crippen LogP contribution in [-0.2, 0) is 4.79 Å². The van der Waals surface area contributed by atoms with Crippen LogP contribution in [-0.4, -0.2) is 17.0 Å². The third-order valence-electron chi connectivity index (χ3n) is 2.89. The number of carbonyl (C=O) groups excluding carboxylic acids is 1. The summed E-state index contributed by atoms with van der Waals surface area (Å²) in [7, 11) is 0. The van der Waals surface area contributed by atoms with Crippen molar-refractivity contribution in [3.63, 3.8) is 0 Å². The minimum Gasteiger partial charge on any atom is -0.385 e. The average molecular weight is 184 g/mol. The van der Waals surface area contributed by atoms with Crippen molar-refractivity contribution >= 4 is 5.78 Å². The van der Waals surface area contributed by atoms with Crippen LogP contribution >= 0.6 is 0 Å². The van der Waals surface area contributed by atoms with E-state index in [0.29, 0.717) is 12.8 Å². The number of Topliss-reactive ketones (excluding diaryl/α,β-unsaturated/α-hetero) is 1. The topological polar surface area (TPSA) is 37.3 Å². The smallest absolute Gasteiger partial charge is 0.161 e. The van der Waals surface area contributed by atoms with E-state index >= 15 is 0 Å². The fourth-order valence-corrected chi connectivity index (χ4v) is 1.99. The molecule has 1 fully saturated rings. The second-order valence-corrected chi connectivity index (χ2v) is 4.91. The summed E-state index contributed by atoms with van der Waals surface area (Å²) in [4.78, 5) is 11.4. The second kappa shape index (κ2) is 4.23. The highest BCUT2D eigenvalue weighted by Gasteiger charge is 2.26. The Bertz CT molecular complexity index is 185. The fraction of sp³-hybridized carbons (Fsp3) is 0.909. The number of hydrogen-bond acceptors (Lipinski definition) is 2. The van der Waals surface area contributed by atoms with Crippen molar-refractivity contribution in [2.45, 2.75) is 58.5 Å². The van der Waals surface area contributed by atoms with Gasteiger partial charge in [-0.2, -0.15) is 0 Å². The van der Waals surface area contributed by atoms with Gasteiger partial charge in [-0.3, -0.25) is 4.79 Å². The Morgan fingerprint density at radius 2 is 2.00 bits per heavy atom. The third-order valence-corrected chi connectivity index (χ3v) is 2.89. The Balaban J connectivity index is 2.60. The van der Waals surface area contributed by atoms with Crippen LogP contribution in [0.1, 0.15) is 52.4 Å². The van der Waals surface area contributed by atoms with Gasteiger partial charge in [0.25, 0.3) is 0 Å². The zero-order chi connectivity index (χ0) is 9.90. The Hall–Kier alpha value is -0.370. The van der Waals surface area contributed by atoms with Crippen molar-refractivity contribution in [2.24, 2.45) is 5.41 Å². The van der Waals surface area contributed by atoms with E-state index in [0.717, 1.165) is 19.3 Å². The van der Waals surface area contributed by atoms with E-state index in [-0.39, 0.29) is 11.2 Å². The van der Waals surface area contributed by atoms with Gasteiger partial charge in [0.2, 0.25) is 0 Å². The molecule has 2 heteroatoms. The van der Waals surface area contributed by atoms with Crippen LogP contribution < -0.4 is 0 Å². The first kappa shape index (κ1) is 10.7. The molecule has 0 aromatic rings. The molecule has 1 unspecified atom stereocenters. The number of rotatable bonds is 0. The Morgan fingerprint density at radius 3 is 2.69 bits per heavy atom. The molecular formula is C11H20O2. The number of hydrogen-bond donors (Lipinski definition) is 1. The average Bonchev–Trinajstić information content (AvgIpc) is 2.05. The molecule has 0 bridgehead atoms. The largest absolute Gasteiger partial charge is 0.385 e. The lowest BCUT2D eigenvalue weighted by molar-refractivity contribution is -0.128. The zero-order valence-electron chi connectivity index (χ0n) is 8.68. The molecule has 0 saturated heterocycles. The molecule has 0 amide bonds. The molecule has 0 spiro atoms. The van der Waals surface area contributed by atoms with Crippen LogP contribution in [0.3, 0.4) is 0 Å². The molecule has 2 nitrogen and oxygen atoms in total. The maximum Gasteiger partial charge on any atom is 0.161 e. The highest BCUT2D eigenvalue weighted by atomic mass is 16.3. The first-order valence-corrected chi connectivity index (χ1v) is 5.22. The molecule has 1 rings (SSSR count). The van der Waals surface area contributed by atoms with E-state index in [1.54, 1.807) is 0 Å². The van der Waals surface area contributed by atoms with Gasteiger partial charge in [-0.15, -0.1) is 0 Å². The minimum atomic E-state index is -0.715. The van der Waals surface area contributed by atoms with Gasteiger partial charge < -0.3 is 5.11 Å². The maximum atomic E-state index is 11.4. The van der Waals surface area contributed by atoms with Crippen molar-refractivity contribution in [2.75, 3.05) is 0 Å². The minimum absolute atomic E-state index is 0.0370. The standard InChI is InChI=1S/C11H20O2/c1-11(2)7-5-3-4-6-9(12)10(13)8-11/h10,13H,3-8H2,1-2H3. The van der Waals surface area contributed by atoms with Crippen LogP contribution in [0.25, 0.3) is 0 Å². The molecular weight excluding hydrogens is 164 g/mol. The molecule has 1 aliphatic carbocycles. The van der Waals surface area contributed by atoms with Crippen molar-refractivity contribution in [1.82, 2.24) is 0 Å². The van der Waals surface area contributed by atoms with Gasteiger partial charge in [-0.25, -0.2) is 0 Å². The summed E-state index contributed by atoms with van der Waals surface area (Å²) >= 11 is 0. The highest BCUT2D eigenvalue weighted by Crippen LogP contribution is 2.31. The van der Waals surface area contributed by atoms with E-state index in [2.05, 4.69) is 13.8 Å². The fourth-order valence-electron chi connectivity index (χ4n) is 1.99. The molecule has 13 heavy (non-hydrogen) atoms. The van der Waals surface area contributed by atoms with Gasteiger partial charge >= 0.3 is 0 Å². The van der Waals surface area contributed by atoms with Crippen LogP contribution in [0, 0.1) is 5.41 Å². The van der Waals surface area contributed by atoms with Gasteiger partial charge in [0.05, 0.1) is 0 Å². The predicted molar refractivity (Wildman–Crippen MR) is 52.5 cm³/mol. The molecule has 76 valence electrons. The molecule has 1 atom stereocenters. The number of aliphatic hydroxyl groups excluding tert-OH is 1. The summed E-state index contributed by atoms with van der Waals surface area (Å²) in [5, 5.41) is 9.59. The zero-order valence-corrected chi connectivity index (χ0v) is 8.68. The summed E-state index contributed by atoms with van der Waals surface area (Å²) in [6, 6.07) is 0. The van der Waals surface area contributed by atoms with E-state index in [4.69, 9.17) is 0 Å². The van der Waals surface area contributed by atoms with Gasteiger partial charge in [0.15, 0.2) is 5.78 Å². The summed E-state index contributed by atoms with van der Waals surface area (Å²) in [5.74, 6) is 0.0370. The van der Waals surface area contributed by atoms with Gasteiger partial charge in [-0.1, -0.05) is 26.7 Å². The molecule has 0 aromatic carbocycles. The quantitative estimate of drug-likeness (QED) is 0.627. The first-order valence-electron chi connectivity index (χ1n) is 5.22. The lowest BCUT2D eigenvalue weighted by Gasteiger charge is -2.25. The van der Waals surface area contributed by atoms with E-state index < -0.39 is 6.10 Å².